The lowest BCUT2D eigenvalue weighted by Gasteiger charge is -2.30. The average Bonchev–Trinajstić information content (AvgIpc) is 3.04. The molecule has 2 unspecified atom stereocenters. The zero-order valence-electron chi connectivity index (χ0n) is 14.4. The van der Waals surface area contributed by atoms with Crippen LogP contribution in [0.25, 0.3) is 0 Å². The molecule has 2 aliphatic heterocycles. The number of fused-ring (bicyclic) bond motifs is 2. The number of carbonyl (C=O) groups is 2. The fraction of sp³-hybridized carbons (Fsp3) is 0.786. The van der Waals surface area contributed by atoms with Gasteiger partial charge in [0.2, 0.25) is 5.91 Å². The molecule has 0 radical (unpaired) electrons. The monoisotopic (exact) mass is 389 g/mol. The number of piperidine rings is 1. The third-order valence-electron chi connectivity index (χ3n) is 5.02. The van der Waals surface area contributed by atoms with Gasteiger partial charge in [-0.05, 0) is 32.1 Å². The minimum atomic E-state index is -4.78. The summed E-state index contributed by atoms with van der Waals surface area (Å²) in [5.74, 6) is 0.164. The van der Waals surface area contributed by atoms with Crippen LogP contribution in [-0.2, 0) is 19.5 Å². The normalized spacial score (nSPS) is 32.2. The van der Waals surface area contributed by atoms with Crippen molar-refractivity contribution in [2.45, 2.75) is 63.2 Å². The summed E-state index contributed by atoms with van der Waals surface area (Å²) in [6.45, 7) is 1.70. The van der Waals surface area contributed by atoms with Gasteiger partial charge in [0.25, 0.3) is 0 Å². The fourth-order valence-electron chi connectivity index (χ4n) is 3.94. The molecule has 2 heterocycles. The fourth-order valence-corrected chi connectivity index (χ4v) is 4.33. The van der Waals surface area contributed by atoms with Crippen LogP contribution < -0.4 is 11.1 Å². The van der Waals surface area contributed by atoms with Gasteiger partial charge in [0, 0.05) is 13.5 Å². The zero-order chi connectivity index (χ0) is 19.1. The number of hydrogen-bond acceptors (Lipinski definition) is 6. The molecule has 2 bridgehead atoms. The molecule has 12 heteroatoms. The molecule has 1 aliphatic carbocycles. The number of hydrogen-bond donors (Lipinski definition) is 3. The molecule has 0 aromatic carbocycles. The first-order valence-electron chi connectivity index (χ1n) is 8.53. The van der Waals surface area contributed by atoms with E-state index in [1.54, 1.807) is 0 Å². The highest BCUT2D eigenvalue weighted by molar-refractivity contribution is 7.80. The maximum atomic E-state index is 12.4. The predicted molar refractivity (Wildman–Crippen MR) is 90.3 cm³/mol. The van der Waals surface area contributed by atoms with Gasteiger partial charge in [0.05, 0.1) is 24.2 Å². The van der Waals surface area contributed by atoms with Crippen LogP contribution in [0, 0.1) is 0 Å². The first kappa shape index (κ1) is 18.9. The molecule has 0 aromatic rings. The van der Waals surface area contributed by atoms with Crippen molar-refractivity contribution in [2.75, 3.05) is 6.54 Å². The third-order valence-corrected chi connectivity index (χ3v) is 5.37. The maximum absolute atomic E-state index is 12.4. The molecule has 4 atom stereocenters. The second-order valence-electron chi connectivity index (χ2n) is 6.87. The number of amidine groups is 1. The number of nitrogens with zero attached hydrogens (tertiary/aromatic N) is 3. The summed E-state index contributed by atoms with van der Waals surface area (Å²) < 4.78 is 35.1. The third kappa shape index (κ3) is 3.91. The van der Waals surface area contributed by atoms with Crippen LogP contribution in [0.2, 0.25) is 0 Å². The number of amides is 3. The molecule has 1 saturated carbocycles. The smallest absolute Gasteiger partial charge is 0.386 e. The molecule has 26 heavy (non-hydrogen) atoms. The quantitative estimate of drug-likeness (QED) is 0.322. The Balaban J connectivity index is 1.72. The van der Waals surface area contributed by atoms with E-state index in [-0.39, 0.29) is 30.4 Å². The lowest BCUT2D eigenvalue weighted by atomic mass is 10.00. The Morgan fingerprint density at radius 3 is 2.73 bits per heavy atom. The van der Waals surface area contributed by atoms with E-state index in [0.29, 0.717) is 17.9 Å². The SMILES string of the molecule is CC(=O)NC1CCCC1N=C(N)[C@@H]1CC[C@@H]2CN1C(=O)N2OS(=O)(=O)O. The van der Waals surface area contributed by atoms with Crippen molar-refractivity contribution < 1.29 is 26.8 Å². The Morgan fingerprint density at radius 2 is 2.08 bits per heavy atom. The van der Waals surface area contributed by atoms with Crippen LogP contribution in [0.15, 0.2) is 4.99 Å². The lowest BCUT2D eigenvalue weighted by Crippen LogP contribution is -2.49. The molecule has 0 spiro atoms. The molecule has 4 N–H and O–H groups in total. The van der Waals surface area contributed by atoms with Crippen LogP contribution in [0.5, 0.6) is 0 Å². The van der Waals surface area contributed by atoms with Crippen molar-refractivity contribution in [1.29, 1.82) is 0 Å². The number of hydroxylamine groups is 2. The van der Waals surface area contributed by atoms with E-state index in [2.05, 4.69) is 14.6 Å². The van der Waals surface area contributed by atoms with Gasteiger partial charge in [0.1, 0.15) is 5.84 Å². The van der Waals surface area contributed by atoms with Gasteiger partial charge in [0.15, 0.2) is 0 Å². The van der Waals surface area contributed by atoms with Crippen molar-refractivity contribution >= 4 is 28.2 Å². The Morgan fingerprint density at radius 1 is 1.35 bits per heavy atom. The highest BCUT2D eigenvalue weighted by Crippen LogP contribution is 2.31. The number of rotatable bonds is 5. The Bertz CT molecular complexity index is 725. The summed E-state index contributed by atoms with van der Waals surface area (Å²) in [6.07, 6.45) is 3.53. The van der Waals surface area contributed by atoms with E-state index < -0.39 is 28.5 Å². The lowest BCUT2D eigenvalue weighted by molar-refractivity contribution is -0.119. The van der Waals surface area contributed by atoms with Crippen LogP contribution in [0.3, 0.4) is 0 Å². The summed E-state index contributed by atoms with van der Waals surface area (Å²) in [5, 5.41) is 3.55. The minimum absolute atomic E-state index is 0.0731. The molecular formula is C14H23N5O6S. The first-order valence-corrected chi connectivity index (χ1v) is 9.89. The molecule has 0 aromatic heterocycles. The van der Waals surface area contributed by atoms with Crippen LogP contribution in [-0.4, -0.2) is 71.4 Å². The van der Waals surface area contributed by atoms with Crippen molar-refractivity contribution in [3.63, 3.8) is 0 Å². The van der Waals surface area contributed by atoms with Gasteiger partial charge < -0.3 is 16.0 Å². The van der Waals surface area contributed by atoms with Crippen molar-refractivity contribution in [1.82, 2.24) is 15.3 Å². The molecule has 2 saturated heterocycles. The summed E-state index contributed by atoms with van der Waals surface area (Å²) in [6, 6.07) is -1.81. The largest absolute Gasteiger partial charge is 0.418 e. The Hall–Kier alpha value is -1.92. The summed E-state index contributed by atoms with van der Waals surface area (Å²) in [7, 11) is -4.78. The van der Waals surface area contributed by atoms with Crippen molar-refractivity contribution in [3.8, 4) is 0 Å². The van der Waals surface area contributed by atoms with Crippen molar-refractivity contribution in [3.05, 3.63) is 0 Å². The second-order valence-corrected chi connectivity index (χ2v) is 7.87. The summed E-state index contributed by atoms with van der Waals surface area (Å²) in [4.78, 5) is 29.7. The van der Waals surface area contributed by atoms with E-state index in [0.717, 1.165) is 19.3 Å². The summed E-state index contributed by atoms with van der Waals surface area (Å²) in [5.41, 5.74) is 6.16. The van der Waals surface area contributed by atoms with E-state index in [1.165, 1.54) is 11.8 Å². The van der Waals surface area contributed by atoms with Gasteiger partial charge in [-0.2, -0.15) is 13.5 Å². The number of urea groups is 1. The minimum Gasteiger partial charge on any atom is -0.386 e. The maximum Gasteiger partial charge on any atom is 0.418 e. The average molecular weight is 389 g/mol. The number of carbonyl (C=O) groups excluding carboxylic acids is 2. The highest BCUT2D eigenvalue weighted by atomic mass is 32.3. The highest BCUT2D eigenvalue weighted by Gasteiger charge is 2.48. The van der Waals surface area contributed by atoms with Gasteiger partial charge >= 0.3 is 16.4 Å². The molecule has 11 nitrogen and oxygen atoms in total. The van der Waals surface area contributed by atoms with Crippen molar-refractivity contribution in [2.24, 2.45) is 10.7 Å². The van der Waals surface area contributed by atoms with Gasteiger partial charge in [-0.3, -0.25) is 14.3 Å². The van der Waals surface area contributed by atoms with Gasteiger partial charge in [-0.25, -0.2) is 4.79 Å². The topological polar surface area (TPSA) is 155 Å². The second kappa shape index (κ2) is 7.00. The number of nitrogens with two attached hydrogens (primary N) is 1. The first-order chi connectivity index (χ1) is 12.2. The molecular weight excluding hydrogens is 366 g/mol. The standard InChI is InChI=1S/C14H23N5O6S/c1-8(20)16-10-3-2-4-11(10)17-13(15)12-6-5-9-7-18(12)14(21)19(9)25-26(22,23)24/h9-12H,2-7H2,1H3,(H2,15,17)(H,16,20)(H,22,23,24)/t9-,10?,11?,12+/m1/s1. The summed E-state index contributed by atoms with van der Waals surface area (Å²) >= 11 is 0. The molecule has 3 amide bonds. The Kier molecular flexibility index (Phi) is 5.08. The van der Waals surface area contributed by atoms with Crippen LogP contribution >= 0.6 is 0 Å². The number of nitrogens with one attached hydrogen (secondary N) is 1. The predicted octanol–water partition coefficient (Wildman–Crippen LogP) is -0.596. The van der Waals surface area contributed by atoms with Gasteiger partial charge in [-0.15, -0.1) is 4.28 Å². The zero-order valence-corrected chi connectivity index (χ0v) is 15.2. The van der Waals surface area contributed by atoms with Crippen LogP contribution in [0.1, 0.15) is 39.0 Å². The molecule has 146 valence electrons. The van der Waals surface area contributed by atoms with E-state index >= 15 is 0 Å². The molecule has 3 rings (SSSR count). The van der Waals surface area contributed by atoms with E-state index in [4.69, 9.17) is 10.3 Å². The van der Waals surface area contributed by atoms with Crippen LogP contribution in [0.4, 0.5) is 4.79 Å². The van der Waals surface area contributed by atoms with Gasteiger partial charge in [-0.1, -0.05) is 0 Å². The van der Waals surface area contributed by atoms with E-state index in [9.17, 15) is 18.0 Å². The molecule has 3 fully saturated rings. The Labute approximate surface area is 151 Å². The van der Waals surface area contributed by atoms with E-state index in [1.807, 2.05) is 0 Å². The number of aliphatic imine (C=N–C) groups is 1. The molecule has 3 aliphatic rings.